The maximum Gasteiger partial charge on any atom is 0.115 e. The molecule has 74 valence electrons. The molecule has 0 amide bonds. The highest BCUT2D eigenvalue weighted by Crippen LogP contribution is 2.11. The van der Waals surface area contributed by atoms with Crippen LogP contribution in [0.1, 0.15) is 11.4 Å². The second kappa shape index (κ2) is 4.81. The number of aromatic nitrogens is 2. The quantitative estimate of drug-likeness (QED) is 0.864. The van der Waals surface area contributed by atoms with Crippen molar-refractivity contribution in [3.05, 3.63) is 48.0 Å². The van der Waals surface area contributed by atoms with Crippen molar-refractivity contribution < 1.29 is 5.11 Å². The molecule has 2 aromatic rings. The van der Waals surface area contributed by atoms with Crippen molar-refractivity contribution in [2.45, 2.75) is 6.42 Å². The predicted octanol–water partition coefficient (Wildman–Crippen LogP) is 2.28. The van der Waals surface area contributed by atoms with Crippen LogP contribution in [0.4, 0.5) is 0 Å². The molecule has 0 fully saturated rings. The molecule has 0 aliphatic carbocycles. The third kappa shape index (κ3) is 2.60. The van der Waals surface area contributed by atoms with Crippen molar-refractivity contribution in [3.8, 4) is 5.75 Å². The highest BCUT2D eigenvalue weighted by molar-refractivity contribution is 8.93. The average molecular weight is 255 g/mol. The largest absolute Gasteiger partial charge is 0.508 e. The zero-order chi connectivity index (χ0) is 9.10. The summed E-state index contributed by atoms with van der Waals surface area (Å²) in [7, 11) is 0. The Morgan fingerprint density at radius 2 is 1.93 bits per heavy atom. The lowest BCUT2D eigenvalue weighted by molar-refractivity contribution is 0.475. The van der Waals surface area contributed by atoms with Crippen LogP contribution in [0, 0.1) is 0 Å². The van der Waals surface area contributed by atoms with Crippen LogP contribution in [0.25, 0.3) is 0 Å². The maximum absolute atomic E-state index is 9.06. The summed E-state index contributed by atoms with van der Waals surface area (Å²) in [4.78, 5) is 7.14. The molecule has 2 rings (SSSR count). The fraction of sp³-hybridized carbons (Fsp3) is 0.100. The van der Waals surface area contributed by atoms with Gasteiger partial charge in [-0.1, -0.05) is 12.1 Å². The Kier molecular flexibility index (Phi) is 3.71. The fourth-order valence-corrected chi connectivity index (χ4v) is 1.20. The lowest BCUT2D eigenvalue weighted by atomic mass is 10.1. The van der Waals surface area contributed by atoms with Crippen LogP contribution < -0.4 is 0 Å². The third-order valence-electron chi connectivity index (χ3n) is 1.86. The Bertz CT molecular complexity index is 370. The Hall–Kier alpha value is -1.29. The SMILES string of the molecule is Br.Oc1ccc(Cc2ncc[nH]2)cc1. The second-order valence-electron chi connectivity index (χ2n) is 2.88. The minimum absolute atomic E-state index is 0. The smallest absolute Gasteiger partial charge is 0.115 e. The van der Waals surface area contributed by atoms with Crippen LogP contribution in [0.15, 0.2) is 36.7 Å². The molecule has 0 radical (unpaired) electrons. The van der Waals surface area contributed by atoms with Crippen LogP contribution >= 0.6 is 17.0 Å². The van der Waals surface area contributed by atoms with Crippen molar-refractivity contribution in [1.82, 2.24) is 9.97 Å². The highest BCUT2D eigenvalue weighted by atomic mass is 79.9. The van der Waals surface area contributed by atoms with E-state index >= 15 is 0 Å². The molecule has 4 heteroatoms. The van der Waals surface area contributed by atoms with E-state index in [4.69, 9.17) is 5.11 Å². The summed E-state index contributed by atoms with van der Waals surface area (Å²) in [6.07, 6.45) is 4.30. The van der Waals surface area contributed by atoms with E-state index in [1.54, 1.807) is 24.5 Å². The van der Waals surface area contributed by atoms with Crippen LogP contribution in [-0.4, -0.2) is 15.1 Å². The van der Waals surface area contributed by atoms with Gasteiger partial charge in [0, 0.05) is 18.8 Å². The normalized spacial score (nSPS) is 9.43. The van der Waals surface area contributed by atoms with E-state index in [-0.39, 0.29) is 17.0 Å². The second-order valence-corrected chi connectivity index (χ2v) is 2.88. The molecular weight excluding hydrogens is 244 g/mol. The summed E-state index contributed by atoms with van der Waals surface area (Å²) < 4.78 is 0. The topological polar surface area (TPSA) is 48.9 Å². The van der Waals surface area contributed by atoms with Crippen LogP contribution in [0.2, 0.25) is 0 Å². The number of aromatic hydroxyl groups is 1. The minimum Gasteiger partial charge on any atom is -0.508 e. The number of halogens is 1. The number of nitrogens with one attached hydrogen (secondary N) is 1. The van der Waals surface area contributed by atoms with Crippen molar-refractivity contribution in [1.29, 1.82) is 0 Å². The molecule has 0 spiro atoms. The summed E-state index contributed by atoms with van der Waals surface area (Å²) in [6, 6.07) is 7.13. The van der Waals surface area contributed by atoms with Crippen molar-refractivity contribution in [3.63, 3.8) is 0 Å². The Labute approximate surface area is 92.6 Å². The molecule has 0 aliphatic rings. The van der Waals surface area contributed by atoms with Gasteiger partial charge in [0.15, 0.2) is 0 Å². The number of H-pyrrole nitrogens is 1. The highest BCUT2D eigenvalue weighted by Gasteiger charge is 1.97. The van der Waals surface area contributed by atoms with E-state index in [9.17, 15) is 0 Å². The number of imidazole rings is 1. The molecule has 3 nitrogen and oxygen atoms in total. The molecule has 1 aromatic heterocycles. The molecule has 14 heavy (non-hydrogen) atoms. The molecule has 1 aromatic carbocycles. The van der Waals surface area contributed by atoms with Gasteiger partial charge in [-0.05, 0) is 17.7 Å². The van der Waals surface area contributed by atoms with Crippen molar-refractivity contribution >= 4 is 17.0 Å². The molecule has 0 aliphatic heterocycles. The zero-order valence-corrected chi connectivity index (χ0v) is 9.19. The zero-order valence-electron chi connectivity index (χ0n) is 7.47. The third-order valence-corrected chi connectivity index (χ3v) is 1.86. The van der Waals surface area contributed by atoms with E-state index < -0.39 is 0 Å². The lowest BCUT2D eigenvalue weighted by Crippen LogP contribution is -1.89. The van der Waals surface area contributed by atoms with Crippen LogP contribution in [0.5, 0.6) is 5.75 Å². The van der Waals surface area contributed by atoms with Gasteiger partial charge in [0.1, 0.15) is 11.6 Å². The Balaban J connectivity index is 0.000000980. The summed E-state index contributed by atoms with van der Waals surface area (Å²) in [6.45, 7) is 0. The number of phenolic OH excluding ortho intramolecular Hbond substituents is 1. The number of nitrogens with zero attached hydrogens (tertiary/aromatic N) is 1. The molecule has 0 saturated carbocycles. The van der Waals surface area contributed by atoms with Gasteiger partial charge < -0.3 is 10.1 Å². The summed E-state index contributed by atoms with van der Waals surface area (Å²) in [5, 5.41) is 9.06. The van der Waals surface area contributed by atoms with E-state index in [1.807, 2.05) is 12.1 Å². The van der Waals surface area contributed by atoms with Gasteiger partial charge in [0.05, 0.1) is 0 Å². The Morgan fingerprint density at radius 1 is 1.21 bits per heavy atom. The molecule has 0 unspecified atom stereocenters. The molecule has 0 atom stereocenters. The van der Waals surface area contributed by atoms with Gasteiger partial charge in [-0.25, -0.2) is 4.98 Å². The van der Waals surface area contributed by atoms with E-state index in [0.29, 0.717) is 5.75 Å². The number of hydrogen-bond acceptors (Lipinski definition) is 2. The lowest BCUT2D eigenvalue weighted by Gasteiger charge is -1.97. The van der Waals surface area contributed by atoms with Crippen molar-refractivity contribution in [2.75, 3.05) is 0 Å². The molecule has 0 saturated heterocycles. The molecular formula is C10H11BrN2O. The number of benzene rings is 1. The molecule has 1 heterocycles. The van der Waals surface area contributed by atoms with Gasteiger partial charge in [0.2, 0.25) is 0 Å². The first kappa shape index (κ1) is 10.8. The Morgan fingerprint density at radius 3 is 2.50 bits per heavy atom. The van der Waals surface area contributed by atoms with E-state index in [1.165, 1.54) is 0 Å². The number of aromatic amines is 1. The summed E-state index contributed by atoms with van der Waals surface area (Å²) in [5.41, 5.74) is 1.13. The van der Waals surface area contributed by atoms with Gasteiger partial charge in [0.25, 0.3) is 0 Å². The van der Waals surface area contributed by atoms with E-state index in [2.05, 4.69) is 9.97 Å². The first-order chi connectivity index (χ1) is 6.34. The maximum atomic E-state index is 9.06. The first-order valence-electron chi connectivity index (χ1n) is 4.11. The van der Waals surface area contributed by atoms with Gasteiger partial charge in [-0.2, -0.15) is 0 Å². The minimum atomic E-state index is 0. The first-order valence-corrected chi connectivity index (χ1v) is 4.11. The summed E-state index contributed by atoms with van der Waals surface area (Å²) >= 11 is 0. The standard InChI is InChI=1S/C10H10N2O.BrH/c13-9-3-1-8(2-4-9)7-10-11-5-6-12-10;/h1-6,13H,7H2,(H,11,12);1H. The number of phenols is 1. The fourth-order valence-electron chi connectivity index (χ4n) is 1.20. The van der Waals surface area contributed by atoms with Crippen molar-refractivity contribution in [2.24, 2.45) is 0 Å². The molecule has 2 N–H and O–H groups in total. The van der Waals surface area contributed by atoms with Gasteiger partial charge >= 0.3 is 0 Å². The predicted molar refractivity (Wildman–Crippen MR) is 59.8 cm³/mol. The number of hydrogen-bond donors (Lipinski definition) is 2. The monoisotopic (exact) mass is 254 g/mol. The van der Waals surface area contributed by atoms with Crippen LogP contribution in [-0.2, 0) is 6.42 Å². The van der Waals surface area contributed by atoms with Gasteiger partial charge in [-0.3, -0.25) is 0 Å². The van der Waals surface area contributed by atoms with Gasteiger partial charge in [-0.15, -0.1) is 17.0 Å². The average Bonchev–Trinajstić information content (AvgIpc) is 2.62. The number of rotatable bonds is 2. The summed E-state index contributed by atoms with van der Waals surface area (Å²) in [5.74, 6) is 1.23. The van der Waals surface area contributed by atoms with Crippen LogP contribution in [0.3, 0.4) is 0 Å². The molecule has 0 bridgehead atoms. The van der Waals surface area contributed by atoms with E-state index in [0.717, 1.165) is 17.8 Å².